The second kappa shape index (κ2) is 10.1. The molecule has 0 radical (unpaired) electrons. The fourth-order valence-corrected chi connectivity index (χ4v) is 4.13. The number of ether oxygens (including phenoxy) is 1. The third-order valence-electron chi connectivity index (χ3n) is 5.82. The Hall–Kier alpha value is -5.00. The van der Waals surface area contributed by atoms with Gasteiger partial charge >= 0.3 is 12.1 Å². The lowest BCUT2D eigenvalue weighted by molar-refractivity contribution is -0.393. The molecule has 3 aromatic rings. The molecule has 0 saturated carbocycles. The van der Waals surface area contributed by atoms with Crippen LogP contribution in [0.5, 0.6) is 0 Å². The van der Waals surface area contributed by atoms with E-state index in [1.54, 1.807) is 0 Å². The summed E-state index contributed by atoms with van der Waals surface area (Å²) in [6.45, 7) is -0.453. The van der Waals surface area contributed by atoms with E-state index in [9.17, 15) is 34.9 Å². The number of fused-ring (bicyclic) bond motifs is 3. The molecule has 12 heteroatoms. The molecule has 0 spiro atoms. The standard InChI is InChI=1S/C24H20N4O8/c29-23(30)21(12-25-20-10-9-14(27(32)33)11-22(20)28(34)35)26-24(31)36-13-19-17-7-3-1-5-15(17)16-6-2-4-8-18(16)19/h1-11,19,21,25H,12-13H2,(H,26,31)(H,29,30)/t21-/m0/s1. The van der Waals surface area contributed by atoms with Crippen molar-refractivity contribution in [2.45, 2.75) is 12.0 Å². The smallest absolute Gasteiger partial charge is 0.407 e. The number of benzene rings is 3. The van der Waals surface area contributed by atoms with E-state index < -0.39 is 45.9 Å². The number of rotatable bonds is 9. The van der Waals surface area contributed by atoms with Crippen LogP contribution >= 0.6 is 0 Å². The average Bonchev–Trinajstić information content (AvgIpc) is 3.18. The molecule has 36 heavy (non-hydrogen) atoms. The van der Waals surface area contributed by atoms with Gasteiger partial charge in [-0.1, -0.05) is 48.5 Å². The van der Waals surface area contributed by atoms with Gasteiger partial charge in [0.1, 0.15) is 18.3 Å². The Kier molecular flexibility index (Phi) is 6.77. The summed E-state index contributed by atoms with van der Waals surface area (Å²) in [5, 5.41) is 36.4. The summed E-state index contributed by atoms with van der Waals surface area (Å²) in [7, 11) is 0. The second-order valence-corrected chi connectivity index (χ2v) is 7.96. The SMILES string of the molecule is O=C(N[C@@H](CNc1ccc([N+](=O)[O-])cc1[N+](=O)[O-])C(=O)O)OCC1c2ccccc2-c2ccccc21. The van der Waals surface area contributed by atoms with Gasteiger partial charge in [-0.25, -0.2) is 9.59 Å². The van der Waals surface area contributed by atoms with Crippen molar-refractivity contribution < 1.29 is 29.3 Å². The van der Waals surface area contributed by atoms with Gasteiger partial charge in [0.2, 0.25) is 0 Å². The fraction of sp³-hybridized carbons (Fsp3) is 0.167. The molecular formula is C24H20N4O8. The van der Waals surface area contributed by atoms with E-state index >= 15 is 0 Å². The number of amides is 1. The Balaban J connectivity index is 1.41. The highest BCUT2D eigenvalue weighted by Crippen LogP contribution is 2.44. The topological polar surface area (TPSA) is 174 Å². The highest BCUT2D eigenvalue weighted by Gasteiger charge is 2.30. The number of nitro benzene ring substituents is 2. The molecule has 1 atom stereocenters. The van der Waals surface area contributed by atoms with E-state index in [0.29, 0.717) is 0 Å². The molecule has 0 aliphatic heterocycles. The van der Waals surface area contributed by atoms with Gasteiger partial charge < -0.3 is 20.5 Å². The van der Waals surface area contributed by atoms with Crippen LogP contribution in [0.2, 0.25) is 0 Å². The molecule has 1 aliphatic carbocycles. The summed E-state index contributed by atoms with van der Waals surface area (Å²) in [4.78, 5) is 44.7. The summed E-state index contributed by atoms with van der Waals surface area (Å²) < 4.78 is 5.35. The van der Waals surface area contributed by atoms with E-state index in [1.807, 2.05) is 48.5 Å². The van der Waals surface area contributed by atoms with Crippen LogP contribution in [0.4, 0.5) is 21.9 Å². The van der Waals surface area contributed by atoms with Crippen LogP contribution in [0.1, 0.15) is 17.0 Å². The minimum absolute atomic E-state index is 0.0204. The minimum atomic E-state index is -1.49. The first-order valence-corrected chi connectivity index (χ1v) is 10.8. The van der Waals surface area contributed by atoms with E-state index in [4.69, 9.17) is 4.74 Å². The van der Waals surface area contributed by atoms with Gasteiger partial charge in [-0.3, -0.25) is 20.2 Å². The molecule has 184 valence electrons. The normalized spacial score (nSPS) is 12.7. The van der Waals surface area contributed by atoms with Crippen molar-refractivity contribution in [3.05, 3.63) is 98.1 Å². The highest BCUT2D eigenvalue weighted by molar-refractivity contribution is 5.81. The molecule has 0 saturated heterocycles. The Morgan fingerprint density at radius 2 is 1.56 bits per heavy atom. The molecule has 0 fully saturated rings. The van der Waals surface area contributed by atoms with Crippen LogP contribution in [-0.4, -0.2) is 46.2 Å². The van der Waals surface area contributed by atoms with Crippen molar-refractivity contribution >= 4 is 29.1 Å². The van der Waals surface area contributed by atoms with Crippen LogP contribution in [0.15, 0.2) is 66.7 Å². The van der Waals surface area contributed by atoms with Crippen molar-refractivity contribution in [1.82, 2.24) is 5.32 Å². The lowest BCUT2D eigenvalue weighted by atomic mass is 9.98. The summed E-state index contributed by atoms with van der Waals surface area (Å²) in [5.41, 5.74) is 2.85. The van der Waals surface area contributed by atoms with Crippen LogP contribution in [0.3, 0.4) is 0 Å². The second-order valence-electron chi connectivity index (χ2n) is 7.96. The number of non-ortho nitro benzene ring substituents is 1. The number of nitro groups is 2. The van der Waals surface area contributed by atoms with Crippen LogP contribution in [0.25, 0.3) is 11.1 Å². The van der Waals surface area contributed by atoms with Gasteiger partial charge in [-0.05, 0) is 28.3 Å². The summed E-state index contributed by atoms with van der Waals surface area (Å²) in [5.74, 6) is -1.62. The number of carbonyl (C=O) groups excluding carboxylic acids is 1. The van der Waals surface area contributed by atoms with E-state index in [-0.39, 0.29) is 18.2 Å². The van der Waals surface area contributed by atoms with Gasteiger partial charge in [0.25, 0.3) is 11.4 Å². The molecular weight excluding hydrogens is 472 g/mol. The van der Waals surface area contributed by atoms with Crippen LogP contribution < -0.4 is 10.6 Å². The van der Waals surface area contributed by atoms with E-state index in [0.717, 1.165) is 40.5 Å². The van der Waals surface area contributed by atoms with Gasteiger partial charge in [-0.2, -0.15) is 0 Å². The number of nitrogens with zero attached hydrogens (tertiary/aromatic N) is 2. The van der Waals surface area contributed by atoms with Crippen molar-refractivity contribution in [2.24, 2.45) is 0 Å². The first kappa shape index (κ1) is 24.1. The Morgan fingerprint density at radius 1 is 0.944 bits per heavy atom. The van der Waals surface area contributed by atoms with E-state index in [1.165, 1.54) is 0 Å². The zero-order valence-electron chi connectivity index (χ0n) is 18.6. The fourth-order valence-electron chi connectivity index (χ4n) is 4.13. The maximum absolute atomic E-state index is 12.4. The maximum atomic E-state index is 12.4. The largest absolute Gasteiger partial charge is 0.480 e. The van der Waals surface area contributed by atoms with Gasteiger partial charge in [0.15, 0.2) is 0 Å². The van der Waals surface area contributed by atoms with Crippen molar-refractivity contribution in [3.8, 4) is 11.1 Å². The molecule has 1 aliphatic rings. The summed E-state index contributed by atoms with van der Waals surface area (Å²) in [6.07, 6.45) is -0.968. The lowest BCUT2D eigenvalue weighted by Crippen LogP contribution is -2.45. The summed E-state index contributed by atoms with van der Waals surface area (Å²) >= 11 is 0. The van der Waals surface area contributed by atoms with Crippen molar-refractivity contribution in [3.63, 3.8) is 0 Å². The molecule has 0 aromatic heterocycles. The predicted molar refractivity (Wildman–Crippen MR) is 128 cm³/mol. The summed E-state index contributed by atoms with van der Waals surface area (Å²) in [6, 6.07) is 16.9. The first-order chi connectivity index (χ1) is 17.3. The van der Waals surface area contributed by atoms with Gasteiger partial charge in [-0.15, -0.1) is 0 Å². The number of carboxylic acids is 1. The number of carboxylic acid groups (broad SMARTS) is 1. The van der Waals surface area contributed by atoms with Crippen LogP contribution in [-0.2, 0) is 9.53 Å². The van der Waals surface area contributed by atoms with E-state index in [2.05, 4.69) is 10.6 Å². The zero-order valence-corrected chi connectivity index (χ0v) is 18.6. The third kappa shape index (κ3) is 4.92. The highest BCUT2D eigenvalue weighted by atomic mass is 16.6. The Bertz CT molecular complexity index is 1310. The number of aliphatic carboxylic acids is 1. The predicted octanol–water partition coefficient (Wildman–Crippen LogP) is 3.91. The third-order valence-corrected chi connectivity index (χ3v) is 5.82. The zero-order chi connectivity index (χ0) is 25.8. The number of carbonyl (C=O) groups is 2. The monoisotopic (exact) mass is 492 g/mol. The van der Waals surface area contributed by atoms with Gasteiger partial charge in [0, 0.05) is 18.5 Å². The molecule has 12 nitrogen and oxygen atoms in total. The lowest BCUT2D eigenvalue weighted by Gasteiger charge is -2.18. The number of nitrogens with one attached hydrogen (secondary N) is 2. The Labute approximate surface area is 203 Å². The molecule has 0 unspecified atom stereocenters. The molecule has 4 rings (SSSR count). The maximum Gasteiger partial charge on any atom is 0.407 e. The number of hydrogen-bond acceptors (Lipinski definition) is 8. The quantitative estimate of drug-likeness (QED) is 0.295. The number of anilines is 1. The number of hydrogen-bond donors (Lipinski definition) is 3. The minimum Gasteiger partial charge on any atom is -0.480 e. The van der Waals surface area contributed by atoms with Crippen molar-refractivity contribution in [2.75, 3.05) is 18.5 Å². The van der Waals surface area contributed by atoms with Crippen molar-refractivity contribution in [1.29, 1.82) is 0 Å². The molecule has 0 heterocycles. The molecule has 3 aromatic carbocycles. The van der Waals surface area contributed by atoms with Gasteiger partial charge in [0.05, 0.1) is 15.9 Å². The molecule has 3 N–H and O–H groups in total. The first-order valence-electron chi connectivity index (χ1n) is 10.8. The number of alkyl carbamates (subject to hydrolysis) is 1. The van der Waals surface area contributed by atoms with Crippen LogP contribution in [0, 0.1) is 20.2 Å². The Morgan fingerprint density at radius 3 is 2.11 bits per heavy atom. The molecule has 1 amide bonds. The molecule has 0 bridgehead atoms. The average molecular weight is 492 g/mol.